The van der Waals surface area contributed by atoms with Crippen molar-refractivity contribution in [1.82, 2.24) is 4.90 Å². The minimum absolute atomic E-state index is 0.145. The Bertz CT molecular complexity index is 295. The van der Waals surface area contributed by atoms with Gasteiger partial charge in [-0.15, -0.1) is 0 Å². The molecule has 0 heterocycles. The van der Waals surface area contributed by atoms with Crippen LogP contribution in [0.1, 0.15) is 13.8 Å². The van der Waals surface area contributed by atoms with E-state index in [4.69, 9.17) is 4.74 Å². The van der Waals surface area contributed by atoms with Gasteiger partial charge < -0.3 is 9.64 Å². The molecule has 0 aliphatic carbocycles. The summed E-state index contributed by atoms with van der Waals surface area (Å²) in [4.78, 5) is 13.0. The second-order valence-corrected chi connectivity index (χ2v) is 3.39. The lowest BCUT2D eigenvalue weighted by Crippen LogP contribution is -2.35. The first-order chi connectivity index (χ1) is 6.61. The normalized spacial score (nSPS) is 10.0. The minimum atomic E-state index is -0.328. The van der Waals surface area contributed by atoms with Gasteiger partial charge in [0, 0.05) is 13.1 Å². The number of rotatable bonds is 2. The maximum absolute atomic E-state index is 11.5. The monoisotopic (exact) mass is 193 g/mol. The van der Waals surface area contributed by atoms with Gasteiger partial charge in [0.25, 0.3) is 0 Å². The molecule has 0 unspecified atom stereocenters. The third kappa shape index (κ3) is 2.76. The predicted octanol–water partition coefficient (Wildman–Crippen LogP) is 2.53. The quantitative estimate of drug-likeness (QED) is 0.722. The van der Waals surface area contributed by atoms with Gasteiger partial charge in [0.2, 0.25) is 0 Å². The van der Waals surface area contributed by atoms with Gasteiger partial charge in [-0.05, 0) is 26.0 Å². The van der Waals surface area contributed by atoms with Crippen LogP contribution in [0.2, 0.25) is 0 Å². The summed E-state index contributed by atoms with van der Waals surface area (Å²) in [5, 5.41) is 0. The van der Waals surface area contributed by atoms with Gasteiger partial charge in [-0.25, -0.2) is 4.79 Å². The van der Waals surface area contributed by atoms with Gasteiger partial charge in [0.1, 0.15) is 5.75 Å². The number of para-hydroxylation sites is 1. The Morgan fingerprint density at radius 1 is 1.29 bits per heavy atom. The molecule has 0 aliphatic rings. The Labute approximate surface area is 84.3 Å². The lowest BCUT2D eigenvalue weighted by Gasteiger charge is -2.20. The number of ether oxygens (including phenoxy) is 1. The molecule has 1 amide bonds. The molecule has 1 rings (SSSR count). The van der Waals surface area contributed by atoms with Crippen LogP contribution in [0.4, 0.5) is 4.79 Å². The molecule has 0 spiro atoms. The maximum atomic E-state index is 11.5. The molecule has 0 saturated carbocycles. The molecule has 3 nitrogen and oxygen atoms in total. The summed E-state index contributed by atoms with van der Waals surface area (Å²) in [5.74, 6) is 0.574. The van der Waals surface area contributed by atoms with Gasteiger partial charge in [0.15, 0.2) is 0 Å². The van der Waals surface area contributed by atoms with Crippen LogP contribution >= 0.6 is 0 Å². The highest BCUT2D eigenvalue weighted by molar-refractivity contribution is 5.70. The highest BCUT2D eigenvalue weighted by Crippen LogP contribution is 2.10. The van der Waals surface area contributed by atoms with Gasteiger partial charge in [0.05, 0.1) is 0 Å². The Balaban J connectivity index is 2.58. The first-order valence-electron chi connectivity index (χ1n) is 4.61. The fourth-order valence-corrected chi connectivity index (χ4v) is 0.872. The Morgan fingerprint density at radius 3 is 2.36 bits per heavy atom. The van der Waals surface area contributed by atoms with Crippen LogP contribution in [-0.2, 0) is 0 Å². The van der Waals surface area contributed by atoms with Crippen LogP contribution in [0, 0.1) is 0 Å². The molecular weight excluding hydrogens is 178 g/mol. The van der Waals surface area contributed by atoms with E-state index in [0.29, 0.717) is 5.75 Å². The van der Waals surface area contributed by atoms with Gasteiger partial charge in [-0.3, -0.25) is 0 Å². The zero-order valence-corrected chi connectivity index (χ0v) is 8.73. The molecule has 1 aromatic rings. The first-order valence-corrected chi connectivity index (χ1v) is 4.61. The number of carbonyl (C=O) groups is 1. The van der Waals surface area contributed by atoms with E-state index in [9.17, 15) is 4.79 Å². The zero-order chi connectivity index (χ0) is 10.6. The SMILES string of the molecule is CC(C)N(C)C(=O)Oc1ccccc1. The van der Waals surface area contributed by atoms with Crippen LogP contribution in [0.15, 0.2) is 30.3 Å². The van der Waals surface area contributed by atoms with E-state index in [1.165, 1.54) is 0 Å². The molecule has 0 bridgehead atoms. The standard InChI is InChI=1S/C11H15NO2/c1-9(2)12(3)11(13)14-10-7-5-4-6-8-10/h4-9H,1-3H3. The zero-order valence-electron chi connectivity index (χ0n) is 8.73. The Hall–Kier alpha value is -1.51. The summed E-state index contributed by atoms with van der Waals surface area (Å²) >= 11 is 0. The van der Waals surface area contributed by atoms with Gasteiger partial charge in [-0.2, -0.15) is 0 Å². The van der Waals surface area contributed by atoms with Crippen molar-refractivity contribution in [2.75, 3.05) is 7.05 Å². The lowest BCUT2D eigenvalue weighted by atomic mass is 10.3. The summed E-state index contributed by atoms with van der Waals surface area (Å²) in [6.45, 7) is 3.87. The van der Waals surface area contributed by atoms with E-state index < -0.39 is 0 Å². The van der Waals surface area contributed by atoms with Gasteiger partial charge in [-0.1, -0.05) is 18.2 Å². The van der Waals surface area contributed by atoms with Crippen LogP contribution in [0.5, 0.6) is 5.75 Å². The lowest BCUT2D eigenvalue weighted by molar-refractivity contribution is 0.152. The van der Waals surface area contributed by atoms with Crippen molar-refractivity contribution in [1.29, 1.82) is 0 Å². The van der Waals surface area contributed by atoms with Crippen molar-refractivity contribution >= 4 is 6.09 Å². The molecule has 1 aromatic carbocycles. The Kier molecular flexibility index (Phi) is 3.51. The second kappa shape index (κ2) is 4.65. The van der Waals surface area contributed by atoms with E-state index in [1.807, 2.05) is 32.0 Å². The molecule has 0 radical (unpaired) electrons. The highest BCUT2D eigenvalue weighted by atomic mass is 16.6. The number of amides is 1. The van der Waals surface area contributed by atoms with Crippen LogP contribution in [0.25, 0.3) is 0 Å². The minimum Gasteiger partial charge on any atom is -0.410 e. The maximum Gasteiger partial charge on any atom is 0.415 e. The molecule has 0 atom stereocenters. The average molecular weight is 193 g/mol. The average Bonchev–Trinajstić information content (AvgIpc) is 2.18. The summed E-state index contributed by atoms with van der Waals surface area (Å²) in [6.07, 6.45) is -0.328. The molecule has 3 heteroatoms. The number of hydrogen-bond acceptors (Lipinski definition) is 2. The molecule has 0 N–H and O–H groups in total. The molecular formula is C11H15NO2. The van der Waals surface area contributed by atoms with Crippen molar-refractivity contribution in [3.05, 3.63) is 30.3 Å². The summed E-state index contributed by atoms with van der Waals surface area (Å²) in [5.41, 5.74) is 0. The third-order valence-electron chi connectivity index (χ3n) is 2.01. The summed E-state index contributed by atoms with van der Waals surface area (Å²) < 4.78 is 5.12. The summed E-state index contributed by atoms with van der Waals surface area (Å²) in [6, 6.07) is 9.20. The van der Waals surface area contributed by atoms with Crippen molar-refractivity contribution in [2.24, 2.45) is 0 Å². The number of hydrogen-bond donors (Lipinski definition) is 0. The molecule has 14 heavy (non-hydrogen) atoms. The molecule has 0 saturated heterocycles. The van der Waals surface area contributed by atoms with E-state index in [0.717, 1.165) is 0 Å². The number of benzene rings is 1. The molecule has 0 aliphatic heterocycles. The fraction of sp³-hybridized carbons (Fsp3) is 0.364. The smallest absolute Gasteiger partial charge is 0.410 e. The summed E-state index contributed by atoms with van der Waals surface area (Å²) in [7, 11) is 1.72. The molecule has 76 valence electrons. The van der Waals surface area contributed by atoms with Crippen LogP contribution < -0.4 is 4.74 Å². The van der Waals surface area contributed by atoms with Crippen LogP contribution in [0.3, 0.4) is 0 Å². The number of nitrogens with zero attached hydrogens (tertiary/aromatic N) is 1. The van der Waals surface area contributed by atoms with Crippen molar-refractivity contribution in [3.63, 3.8) is 0 Å². The van der Waals surface area contributed by atoms with E-state index >= 15 is 0 Å². The van der Waals surface area contributed by atoms with E-state index in [1.54, 1.807) is 24.1 Å². The largest absolute Gasteiger partial charge is 0.415 e. The Morgan fingerprint density at radius 2 is 1.86 bits per heavy atom. The van der Waals surface area contributed by atoms with Crippen molar-refractivity contribution in [2.45, 2.75) is 19.9 Å². The van der Waals surface area contributed by atoms with Crippen LogP contribution in [-0.4, -0.2) is 24.1 Å². The first kappa shape index (κ1) is 10.6. The van der Waals surface area contributed by atoms with E-state index in [-0.39, 0.29) is 12.1 Å². The van der Waals surface area contributed by atoms with E-state index in [2.05, 4.69) is 0 Å². The molecule has 0 aromatic heterocycles. The fourth-order valence-electron chi connectivity index (χ4n) is 0.872. The highest BCUT2D eigenvalue weighted by Gasteiger charge is 2.13. The van der Waals surface area contributed by atoms with Crippen molar-refractivity contribution in [3.8, 4) is 5.75 Å². The van der Waals surface area contributed by atoms with Gasteiger partial charge >= 0.3 is 6.09 Å². The topological polar surface area (TPSA) is 29.5 Å². The third-order valence-corrected chi connectivity index (χ3v) is 2.01. The molecule has 0 fully saturated rings. The predicted molar refractivity (Wildman–Crippen MR) is 55.4 cm³/mol. The second-order valence-electron chi connectivity index (χ2n) is 3.39. The van der Waals surface area contributed by atoms with Crippen molar-refractivity contribution < 1.29 is 9.53 Å². The number of carbonyl (C=O) groups excluding carboxylic acids is 1.